The normalized spacial score (nSPS) is 9.42. The molecule has 1 heterocycles. The quantitative estimate of drug-likeness (QED) is 0.650. The number of nitrogens with zero attached hydrogens (tertiary/aromatic N) is 1. The summed E-state index contributed by atoms with van der Waals surface area (Å²) >= 11 is 5.65. The molecule has 1 aromatic rings. The summed E-state index contributed by atoms with van der Waals surface area (Å²) in [6.45, 7) is 7.34. The van der Waals surface area contributed by atoms with Crippen molar-refractivity contribution in [2.45, 2.75) is 5.88 Å². The number of hydrogen-bond acceptors (Lipinski definition) is 1. The Bertz CT molecular complexity index is 305. The summed E-state index contributed by atoms with van der Waals surface area (Å²) in [5, 5.41) is 0. The molecule has 1 aromatic heterocycles. The van der Waals surface area contributed by atoms with Gasteiger partial charge in [-0.2, -0.15) is 0 Å². The van der Waals surface area contributed by atoms with Crippen LogP contribution in [0.15, 0.2) is 25.4 Å². The lowest BCUT2D eigenvalue weighted by Gasteiger charge is -2.01. The average Bonchev–Trinajstić information content (AvgIpc) is 2.16. The van der Waals surface area contributed by atoms with Crippen LogP contribution < -0.4 is 0 Å². The molecule has 1 nitrogen and oxygen atoms in total. The van der Waals surface area contributed by atoms with Gasteiger partial charge in [-0.05, 0) is 23.3 Å². The van der Waals surface area contributed by atoms with Crippen molar-refractivity contribution in [1.82, 2.24) is 4.98 Å². The number of hydrogen-bond donors (Lipinski definition) is 0. The second kappa shape index (κ2) is 4.07. The first-order valence-electron chi connectivity index (χ1n) is 3.61. The molecular weight excluding hydrogens is 170 g/mol. The highest BCUT2D eigenvalue weighted by atomic mass is 35.5. The van der Waals surface area contributed by atoms with Crippen molar-refractivity contribution in [2.75, 3.05) is 0 Å². The highest BCUT2D eigenvalue weighted by Crippen LogP contribution is 2.12. The van der Waals surface area contributed by atoms with Crippen LogP contribution in [0.25, 0.3) is 12.2 Å². The van der Waals surface area contributed by atoms with Crippen molar-refractivity contribution in [1.29, 1.82) is 0 Å². The summed E-state index contributed by atoms with van der Waals surface area (Å²) in [6.07, 6.45) is 5.20. The maximum Gasteiger partial charge on any atom is 0.0696 e. The minimum absolute atomic E-state index is 0.477. The van der Waals surface area contributed by atoms with E-state index in [-0.39, 0.29) is 0 Å². The maximum atomic E-state index is 5.65. The second-order valence-corrected chi connectivity index (χ2v) is 2.63. The Labute approximate surface area is 77.4 Å². The Morgan fingerprint density at radius 2 is 2.17 bits per heavy atom. The summed E-state index contributed by atoms with van der Waals surface area (Å²) < 4.78 is 0. The standard InChI is InChI=1S/C10H10ClN/c1-3-9-5-8(6-11)7-12-10(9)4-2/h3-5,7H,1-2,6H2. The molecule has 0 aliphatic carbocycles. The van der Waals surface area contributed by atoms with E-state index in [1.807, 2.05) is 6.07 Å². The SMILES string of the molecule is C=Cc1cc(CCl)cnc1C=C. The van der Waals surface area contributed by atoms with Gasteiger partial charge in [0.25, 0.3) is 0 Å². The average molecular weight is 180 g/mol. The third-order valence-electron chi connectivity index (χ3n) is 1.57. The van der Waals surface area contributed by atoms with E-state index < -0.39 is 0 Å². The topological polar surface area (TPSA) is 12.9 Å². The fraction of sp³-hybridized carbons (Fsp3) is 0.100. The van der Waals surface area contributed by atoms with E-state index in [1.54, 1.807) is 18.3 Å². The van der Waals surface area contributed by atoms with E-state index in [0.717, 1.165) is 16.8 Å². The van der Waals surface area contributed by atoms with Gasteiger partial charge >= 0.3 is 0 Å². The second-order valence-electron chi connectivity index (χ2n) is 2.36. The fourth-order valence-corrected chi connectivity index (χ4v) is 1.09. The van der Waals surface area contributed by atoms with E-state index in [2.05, 4.69) is 18.1 Å². The Kier molecular flexibility index (Phi) is 3.06. The molecule has 0 aromatic carbocycles. The first-order valence-corrected chi connectivity index (χ1v) is 4.15. The van der Waals surface area contributed by atoms with Crippen LogP contribution in [-0.2, 0) is 5.88 Å². The molecule has 0 radical (unpaired) electrons. The van der Waals surface area contributed by atoms with Gasteiger partial charge in [0, 0.05) is 12.1 Å². The van der Waals surface area contributed by atoms with E-state index in [0.29, 0.717) is 5.88 Å². The lowest BCUT2D eigenvalue weighted by atomic mass is 10.1. The Morgan fingerprint density at radius 3 is 2.67 bits per heavy atom. The molecule has 0 saturated heterocycles. The first-order chi connectivity index (χ1) is 5.81. The van der Waals surface area contributed by atoms with Crippen LogP contribution in [0.3, 0.4) is 0 Å². The summed E-state index contributed by atoms with van der Waals surface area (Å²) in [6, 6.07) is 1.96. The summed E-state index contributed by atoms with van der Waals surface area (Å²) in [5.41, 5.74) is 2.82. The van der Waals surface area contributed by atoms with Crippen molar-refractivity contribution in [2.24, 2.45) is 0 Å². The summed E-state index contributed by atoms with van der Waals surface area (Å²) in [4.78, 5) is 4.17. The lowest BCUT2D eigenvalue weighted by molar-refractivity contribution is 1.22. The van der Waals surface area contributed by atoms with E-state index in [1.165, 1.54) is 0 Å². The van der Waals surface area contributed by atoms with Crippen LogP contribution in [0.5, 0.6) is 0 Å². The van der Waals surface area contributed by atoms with E-state index >= 15 is 0 Å². The zero-order valence-electron chi connectivity index (χ0n) is 6.76. The molecule has 0 bridgehead atoms. The van der Waals surface area contributed by atoms with Gasteiger partial charge in [0.05, 0.1) is 5.69 Å². The van der Waals surface area contributed by atoms with Gasteiger partial charge in [0.2, 0.25) is 0 Å². The summed E-state index contributed by atoms with van der Waals surface area (Å²) in [7, 11) is 0. The van der Waals surface area contributed by atoms with Crippen molar-refractivity contribution >= 4 is 23.8 Å². The minimum atomic E-state index is 0.477. The molecule has 0 spiro atoms. The number of alkyl halides is 1. The van der Waals surface area contributed by atoms with Crippen molar-refractivity contribution < 1.29 is 0 Å². The van der Waals surface area contributed by atoms with Crippen LogP contribution in [0, 0.1) is 0 Å². The van der Waals surface area contributed by atoms with Crippen molar-refractivity contribution in [3.05, 3.63) is 42.2 Å². The molecule has 0 unspecified atom stereocenters. The lowest BCUT2D eigenvalue weighted by Crippen LogP contribution is -1.89. The number of halogens is 1. The predicted octanol–water partition coefficient (Wildman–Crippen LogP) is 3.11. The molecule has 0 amide bonds. The van der Waals surface area contributed by atoms with Crippen LogP contribution in [0.4, 0.5) is 0 Å². The van der Waals surface area contributed by atoms with Crippen LogP contribution in [0.1, 0.15) is 16.8 Å². The smallest absolute Gasteiger partial charge is 0.0696 e. The minimum Gasteiger partial charge on any atom is -0.256 e. The van der Waals surface area contributed by atoms with Gasteiger partial charge in [-0.25, -0.2) is 0 Å². The fourth-order valence-electron chi connectivity index (χ4n) is 0.945. The van der Waals surface area contributed by atoms with Crippen molar-refractivity contribution in [3.8, 4) is 0 Å². The number of aromatic nitrogens is 1. The molecule has 0 fully saturated rings. The molecule has 2 heteroatoms. The zero-order chi connectivity index (χ0) is 8.97. The molecule has 0 N–H and O–H groups in total. The van der Waals surface area contributed by atoms with Crippen LogP contribution >= 0.6 is 11.6 Å². The van der Waals surface area contributed by atoms with Gasteiger partial charge in [-0.1, -0.05) is 19.2 Å². The maximum absolute atomic E-state index is 5.65. The zero-order valence-corrected chi connectivity index (χ0v) is 7.51. The molecule has 0 aliphatic heterocycles. The number of pyridine rings is 1. The molecule has 0 saturated carbocycles. The van der Waals surface area contributed by atoms with E-state index in [4.69, 9.17) is 11.6 Å². The molecule has 1 rings (SSSR count). The van der Waals surface area contributed by atoms with Gasteiger partial charge in [-0.15, -0.1) is 11.6 Å². The summed E-state index contributed by atoms with van der Waals surface area (Å²) in [5.74, 6) is 0.477. The number of rotatable bonds is 3. The molecule has 0 atom stereocenters. The third-order valence-corrected chi connectivity index (χ3v) is 1.88. The van der Waals surface area contributed by atoms with Gasteiger partial charge in [-0.3, -0.25) is 4.98 Å². The molecular formula is C10H10ClN. The van der Waals surface area contributed by atoms with Gasteiger partial charge < -0.3 is 0 Å². The van der Waals surface area contributed by atoms with Crippen molar-refractivity contribution in [3.63, 3.8) is 0 Å². The Hall–Kier alpha value is -1.08. The van der Waals surface area contributed by atoms with Gasteiger partial charge in [0.15, 0.2) is 0 Å². The van der Waals surface area contributed by atoms with Crippen LogP contribution in [-0.4, -0.2) is 4.98 Å². The Morgan fingerprint density at radius 1 is 1.42 bits per heavy atom. The Balaban J connectivity index is 3.18. The highest BCUT2D eigenvalue weighted by molar-refractivity contribution is 6.17. The van der Waals surface area contributed by atoms with E-state index in [9.17, 15) is 0 Å². The monoisotopic (exact) mass is 179 g/mol. The largest absolute Gasteiger partial charge is 0.256 e. The van der Waals surface area contributed by atoms with Crippen LogP contribution in [0.2, 0.25) is 0 Å². The highest BCUT2D eigenvalue weighted by Gasteiger charge is 1.97. The molecule has 62 valence electrons. The predicted molar refractivity (Wildman–Crippen MR) is 54.0 cm³/mol. The molecule has 0 aliphatic rings. The third kappa shape index (κ3) is 1.74. The first kappa shape index (κ1) is 9.01. The molecule has 12 heavy (non-hydrogen) atoms. The van der Waals surface area contributed by atoms with Gasteiger partial charge in [0.1, 0.15) is 0 Å².